The molecule has 0 bridgehead atoms. The Morgan fingerprint density at radius 3 is 2.80 bits per heavy atom. The van der Waals surface area contributed by atoms with Crippen LogP contribution in [0.15, 0.2) is 4.52 Å². The molecule has 0 saturated carbocycles. The van der Waals surface area contributed by atoms with Crippen LogP contribution in [0, 0.1) is 6.92 Å². The van der Waals surface area contributed by atoms with Gasteiger partial charge in [0.1, 0.15) is 0 Å². The third kappa shape index (κ3) is 2.35. The van der Waals surface area contributed by atoms with E-state index in [0.717, 1.165) is 12.8 Å². The zero-order chi connectivity index (χ0) is 10.9. The maximum atomic E-state index is 9.96. The maximum absolute atomic E-state index is 9.96. The topological polar surface area (TPSA) is 62.4 Å². The van der Waals surface area contributed by atoms with Crippen molar-refractivity contribution >= 4 is 0 Å². The number of β-amino-alcohol motifs (C(OH)–C–C–N with tert-alkyl or cyclic N) is 1. The molecule has 2 heterocycles. The summed E-state index contributed by atoms with van der Waals surface area (Å²) in [5.41, 5.74) is -0.482. The van der Waals surface area contributed by atoms with Crippen LogP contribution in [0.5, 0.6) is 0 Å². The molecule has 1 N–H and O–H groups in total. The fraction of sp³-hybridized carbons (Fsp3) is 0.800. The van der Waals surface area contributed by atoms with Crippen molar-refractivity contribution in [2.75, 3.05) is 13.1 Å². The zero-order valence-electron chi connectivity index (χ0n) is 9.23. The van der Waals surface area contributed by atoms with Crippen molar-refractivity contribution in [2.24, 2.45) is 0 Å². The van der Waals surface area contributed by atoms with E-state index in [4.69, 9.17) is 4.52 Å². The molecule has 0 aliphatic carbocycles. The van der Waals surface area contributed by atoms with Crippen molar-refractivity contribution in [1.29, 1.82) is 0 Å². The van der Waals surface area contributed by atoms with Gasteiger partial charge in [0.25, 0.3) is 0 Å². The largest absolute Gasteiger partial charge is 0.387 e. The number of aryl methyl sites for hydroxylation is 1. The van der Waals surface area contributed by atoms with E-state index in [-0.39, 0.29) is 0 Å². The van der Waals surface area contributed by atoms with Gasteiger partial charge in [-0.15, -0.1) is 0 Å². The first-order valence-corrected chi connectivity index (χ1v) is 5.35. The summed E-state index contributed by atoms with van der Waals surface area (Å²) in [4.78, 5) is 6.24. The monoisotopic (exact) mass is 211 g/mol. The van der Waals surface area contributed by atoms with Crippen LogP contribution in [0.1, 0.15) is 31.5 Å². The molecule has 0 aromatic carbocycles. The van der Waals surface area contributed by atoms with Gasteiger partial charge < -0.3 is 9.63 Å². The van der Waals surface area contributed by atoms with Gasteiger partial charge in [0.2, 0.25) is 5.89 Å². The Morgan fingerprint density at radius 2 is 2.27 bits per heavy atom. The first-order chi connectivity index (χ1) is 7.11. The van der Waals surface area contributed by atoms with E-state index in [0.29, 0.717) is 31.3 Å². The van der Waals surface area contributed by atoms with Crippen LogP contribution in [-0.2, 0) is 6.54 Å². The molecule has 1 aliphatic rings. The first kappa shape index (κ1) is 10.6. The molecule has 0 atom stereocenters. The Kier molecular flexibility index (Phi) is 2.75. The molecular formula is C10H17N3O2. The normalized spacial score (nSPS) is 20.2. The van der Waals surface area contributed by atoms with Crippen molar-refractivity contribution in [1.82, 2.24) is 15.0 Å². The van der Waals surface area contributed by atoms with E-state index in [1.165, 1.54) is 0 Å². The summed E-state index contributed by atoms with van der Waals surface area (Å²) < 4.78 is 5.01. The number of nitrogens with zero attached hydrogens (tertiary/aromatic N) is 3. The van der Waals surface area contributed by atoms with Crippen molar-refractivity contribution in [3.05, 3.63) is 11.7 Å². The van der Waals surface area contributed by atoms with Gasteiger partial charge in [-0.05, 0) is 13.3 Å². The molecule has 1 aliphatic heterocycles. The molecule has 0 unspecified atom stereocenters. The standard InChI is InChI=1S/C10H17N3O2/c1-3-4-10(14)6-13(7-10)5-9-11-8(2)12-15-9/h14H,3-7H2,1-2H3. The Balaban J connectivity index is 1.80. The smallest absolute Gasteiger partial charge is 0.240 e. The summed E-state index contributed by atoms with van der Waals surface area (Å²) >= 11 is 0. The molecule has 0 amide bonds. The number of aliphatic hydroxyl groups is 1. The van der Waals surface area contributed by atoms with Crippen LogP contribution in [0.2, 0.25) is 0 Å². The summed E-state index contributed by atoms with van der Waals surface area (Å²) in [7, 11) is 0. The molecule has 1 saturated heterocycles. The Morgan fingerprint density at radius 1 is 1.53 bits per heavy atom. The van der Waals surface area contributed by atoms with Crippen molar-refractivity contribution in [3.63, 3.8) is 0 Å². The van der Waals surface area contributed by atoms with Crippen molar-refractivity contribution in [3.8, 4) is 0 Å². The van der Waals surface area contributed by atoms with Crippen molar-refractivity contribution < 1.29 is 9.63 Å². The van der Waals surface area contributed by atoms with Crippen LogP contribution in [0.25, 0.3) is 0 Å². The quantitative estimate of drug-likeness (QED) is 0.795. The molecule has 84 valence electrons. The van der Waals surface area contributed by atoms with Gasteiger partial charge >= 0.3 is 0 Å². The molecule has 1 fully saturated rings. The Labute approximate surface area is 89.1 Å². The third-order valence-electron chi connectivity index (χ3n) is 2.68. The van der Waals surface area contributed by atoms with Gasteiger partial charge in [0, 0.05) is 13.1 Å². The zero-order valence-corrected chi connectivity index (χ0v) is 9.23. The lowest BCUT2D eigenvalue weighted by Crippen LogP contribution is -2.60. The summed E-state index contributed by atoms with van der Waals surface area (Å²) in [5, 5.41) is 13.7. The lowest BCUT2D eigenvalue weighted by Gasteiger charge is -2.46. The molecule has 0 radical (unpaired) electrons. The number of hydrogen-bond acceptors (Lipinski definition) is 5. The lowest BCUT2D eigenvalue weighted by atomic mass is 9.89. The van der Waals surface area contributed by atoms with Crippen LogP contribution < -0.4 is 0 Å². The van der Waals surface area contributed by atoms with Crippen LogP contribution >= 0.6 is 0 Å². The minimum Gasteiger partial charge on any atom is -0.387 e. The molecular weight excluding hydrogens is 194 g/mol. The minimum absolute atomic E-state index is 0.482. The fourth-order valence-corrected chi connectivity index (χ4v) is 2.12. The SMILES string of the molecule is CCCC1(O)CN(Cc2nc(C)no2)C1. The van der Waals surface area contributed by atoms with Crippen molar-refractivity contribution in [2.45, 2.75) is 38.8 Å². The van der Waals surface area contributed by atoms with Crippen LogP contribution in [0.3, 0.4) is 0 Å². The highest BCUT2D eigenvalue weighted by Crippen LogP contribution is 2.26. The highest BCUT2D eigenvalue weighted by Gasteiger charge is 2.40. The molecule has 15 heavy (non-hydrogen) atoms. The Hall–Kier alpha value is -0.940. The molecule has 5 nitrogen and oxygen atoms in total. The van der Waals surface area contributed by atoms with E-state index in [9.17, 15) is 5.11 Å². The van der Waals surface area contributed by atoms with E-state index < -0.39 is 5.60 Å². The summed E-state index contributed by atoms with van der Waals surface area (Å²) in [6, 6.07) is 0. The van der Waals surface area contributed by atoms with Crippen LogP contribution in [0.4, 0.5) is 0 Å². The average Bonchev–Trinajstić information content (AvgIpc) is 2.49. The third-order valence-corrected chi connectivity index (χ3v) is 2.68. The molecule has 2 rings (SSSR count). The van der Waals surface area contributed by atoms with Gasteiger partial charge in [-0.3, -0.25) is 4.90 Å². The van der Waals surface area contributed by atoms with Gasteiger partial charge in [-0.2, -0.15) is 4.98 Å². The predicted molar refractivity (Wildman–Crippen MR) is 54.2 cm³/mol. The fourth-order valence-electron chi connectivity index (χ4n) is 2.12. The maximum Gasteiger partial charge on any atom is 0.240 e. The van der Waals surface area contributed by atoms with E-state index >= 15 is 0 Å². The van der Waals surface area contributed by atoms with Gasteiger partial charge in [0.15, 0.2) is 5.82 Å². The Bertz CT molecular complexity index is 331. The second-order valence-electron chi connectivity index (χ2n) is 4.35. The van der Waals surface area contributed by atoms with Gasteiger partial charge in [-0.25, -0.2) is 0 Å². The second-order valence-corrected chi connectivity index (χ2v) is 4.35. The molecule has 1 aromatic rings. The summed E-state index contributed by atoms with van der Waals surface area (Å²) in [6.45, 7) is 5.95. The van der Waals surface area contributed by atoms with E-state index in [1.807, 2.05) is 0 Å². The summed E-state index contributed by atoms with van der Waals surface area (Å²) in [5.74, 6) is 1.29. The molecule has 0 spiro atoms. The first-order valence-electron chi connectivity index (χ1n) is 5.35. The van der Waals surface area contributed by atoms with E-state index in [1.54, 1.807) is 6.92 Å². The van der Waals surface area contributed by atoms with Gasteiger partial charge in [-0.1, -0.05) is 18.5 Å². The van der Waals surface area contributed by atoms with Crippen LogP contribution in [-0.4, -0.2) is 38.8 Å². The lowest BCUT2D eigenvalue weighted by molar-refractivity contribution is -0.109. The predicted octanol–water partition coefficient (Wildman–Crippen LogP) is 0.725. The summed E-state index contributed by atoms with van der Waals surface area (Å²) in [6.07, 6.45) is 1.89. The number of likely N-dealkylation sites (tertiary alicyclic amines) is 1. The molecule has 1 aromatic heterocycles. The number of hydrogen-bond donors (Lipinski definition) is 1. The highest BCUT2D eigenvalue weighted by molar-refractivity contribution is 4.96. The molecule has 5 heteroatoms. The highest BCUT2D eigenvalue weighted by atomic mass is 16.5. The minimum atomic E-state index is -0.482. The van der Waals surface area contributed by atoms with Gasteiger partial charge in [0.05, 0.1) is 12.1 Å². The average molecular weight is 211 g/mol. The number of aromatic nitrogens is 2. The second kappa shape index (κ2) is 3.90. The number of rotatable bonds is 4. The van der Waals surface area contributed by atoms with E-state index in [2.05, 4.69) is 22.0 Å².